The number of amides is 2. The lowest BCUT2D eigenvalue weighted by atomic mass is 10.0. The number of hydrazine groups is 1. The highest BCUT2D eigenvalue weighted by molar-refractivity contribution is 7.89. The van der Waals surface area contributed by atoms with Gasteiger partial charge in [0, 0.05) is 24.2 Å². The minimum absolute atomic E-state index is 0.0492. The molecule has 0 spiro atoms. The van der Waals surface area contributed by atoms with E-state index in [1.54, 1.807) is 30.3 Å². The lowest BCUT2D eigenvalue weighted by molar-refractivity contribution is 0.0846. The second-order valence-electron chi connectivity index (χ2n) is 7.03. The van der Waals surface area contributed by atoms with Gasteiger partial charge in [-0.3, -0.25) is 20.4 Å². The molecule has 0 aliphatic carbocycles. The van der Waals surface area contributed by atoms with Crippen molar-refractivity contribution in [2.45, 2.75) is 24.7 Å². The van der Waals surface area contributed by atoms with E-state index < -0.39 is 21.8 Å². The molecule has 0 unspecified atom stereocenters. The Labute approximate surface area is 175 Å². The molecule has 0 aromatic heterocycles. The summed E-state index contributed by atoms with van der Waals surface area (Å²) >= 11 is 6.14. The number of piperidine rings is 1. The summed E-state index contributed by atoms with van der Waals surface area (Å²) in [7, 11) is -3.82. The maximum Gasteiger partial charge on any atom is 0.269 e. The minimum Gasteiger partial charge on any atom is -0.267 e. The van der Waals surface area contributed by atoms with Crippen LogP contribution in [0, 0.1) is 5.92 Å². The Morgan fingerprint density at radius 1 is 1.03 bits per heavy atom. The molecule has 154 valence electrons. The molecule has 0 bridgehead atoms. The lowest BCUT2D eigenvalue weighted by Gasteiger charge is -2.30. The second-order valence-corrected chi connectivity index (χ2v) is 9.34. The van der Waals surface area contributed by atoms with E-state index in [2.05, 4.69) is 10.9 Å². The van der Waals surface area contributed by atoms with Gasteiger partial charge in [-0.1, -0.05) is 36.7 Å². The number of carbonyl (C=O) groups excluding carboxylic acids is 2. The zero-order valence-electron chi connectivity index (χ0n) is 15.9. The first kappa shape index (κ1) is 21.3. The summed E-state index contributed by atoms with van der Waals surface area (Å²) in [5.74, 6) is -0.866. The molecular weight excluding hydrogens is 414 g/mol. The number of nitrogens with one attached hydrogen (secondary N) is 2. The molecule has 2 aromatic carbocycles. The number of rotatable bonds is 4. The molecule has 2 amide bonds. The van der Waals surface area contributed by atoms with Gasteiger partial charge in [0.25, 0.3) is 11.8 Å². The molecule has 3 rings (SSSR count). The van der Waals surface area contributed by atoms with Crippen LogP contribution in [-0.4, -0.2) is 37.6 Å². The molecule has 9 heteroatoms. The Morgan fingerprint density at radius 3 is 2.34 bits per heavy atom. The van der Waals surface area contributed by atoms with Gasteiger partial charge in [0.1, 0.15) is 4.90 Å². The number of nitrogens with zero attached hydrogens (tertiary/aromatic N) is 1. The fraction of sp³-hybridized carbons (Fsp3) is 0.300. The standard InChI is InChI=1S/C20H22ClN3O4S/c1-14-6-5-11-24(13-14)29(27,28)18-12-16(9-10-17(18)21)20(26)23-22-19(25)15-7-3-2-4-8-15/h2-4,7-10,12,14H,5-6,11,13H2,1H3,(H,22,25)(H,23,26)/t14-/m0/s1. The minimum atomic E-state index is -3.82. The van der Waals surface area contributed by atoms with Crippen molar-refractivity contribution in [3.05, 3.63) is 64.7 Å². The van der Waals surface area contributed by atoms with Crippen LogP contribution in [-0.2, 0) is 10.0 Å². The molecule has 1 heterocycles. The topological polar surface area (TPSA) is 95.6 Å². The third-order valence-electron chi connectivity index (χ3n) is 4.76. The lowest BCUT2D eigenvalue weighted by Crippen LogP contribution is -2.42. The Balaban J connectivity index is 1.76. The van der Waals surface area contributed by atoms with Crippen molar-refractivity contribution in [2.24, 2.45) is 5.92 Å². The van der Waals surface area contributed by atoms with E-state index in [9.17, 15) is 18.0 Å². The predicted octanol–water partition coefficient (Wildman–Crippen LogP) is 2.84. The van der Waals surface area contributed by atoms with Gasteiger partial charge in [-0.05, 0) is 49.1 Å². The molecule has 1 aliphatic heterocycles. The van der Waals surface area contributed by atoms with Gasteiger partial charge in [-0.2, -0.15) is 4.31 Å². The summed E-state index contributed by atoms with van der Waals surface area (Å²) in [5, 5.41) is 0.0492. The monoisotopic (exact) mass is 435 g/mol. The molecule has 7 nitrogen and oxygen atoms in total. The summed E-state index contributed by atoms with van der Waals surface area (Å²) < 4.78 is 27.4. The zero-order valence-corrected chi connectivity index (χ0v) is 17.5. The van der Waals surface area contributed by atoms with E-state index in [-0.39, 0.29) is 21.4 Å². The summed E-state index contributed by atoms with van der Waals surface area (Å²) in [6.45, 7) is 2.84. The van der Waals surface area contributed by atoms with Crippen LogP contribution in [0.1, 0.15) is 40.5 Å². The molecule has 2 aromatic rings. The molecule has 2 N–H and O–H groups in total. The van der Waals surface area contributed by atoms with E-state index >= 15 is 0 Å². The number of hydrogen-bond donors (Lipinski definition) is 2. The predicted molar refractivity (Wildman–Crippen MR) is 110 cm³/mol. The molecule has 1 atom stereocenters. The van der Waals surface area contributed by atoms with Gasteiger partial charge in [0.2, 0.25) is 10.0 Å². The van der Waals surface area contributed by atoms with Gasteiger partial charge in [-0.15, -0.1) is 0 Å². The molecule has 0 saturated carbocycles. The Kier molecular flexibility index (Phi) is 6.56. The fourth-order valence-electron chi connectivity index (χ4n) is 3.19. The summed E-state index contributed by atoms with van der Waals surface area (Å²) in [6, 6.07) is 12.4. The Bertz CT molecular complexity index is 1010. The van der Waals surface area contributed by atoms with Crippen molar-refractivity contribution >= 4 is 33.4 Å². The number of hydrogen-bond acceptors (Lipinski definition) is 4. The molecular formula is C20H22ClN3O4S. The number of sulfonamides is 1. The van der Waals surface area contributed by atoms with Crippen molar-refractivity contribution in [3.8, 4) is 0 Å². The molecule has 29 heavy (non-hydrogen) atoms. The van der Waals surface area contributed by atoms with Crippen LogP contribution in [0.25, 0.3) is 0 Å². The van der Waals surface area contributed by atoms with E-state index in [0.717, 1.165) is 12.8 Å². The van der Waals surface area contributed by atoms with E-state index in [4.69, 9.17) is 11.6 Å². The van der Waals surface area contributed by atoms with E-state index in [0.29, 0.717) is 18.7 Å². The molecule has 1 fully saturated rings. The maximum absolute atomic E-state index is 13.0. The van der Waals surface area contributed by atoms with Gasteiger partial charge >= 0.3 is 0 Å². The number of benzene rings is 2. The zero-order chi connectivity index (χ0) is 21.0. The normalized spacial score (nSPS) is 17.5. The van der Waals surface area contributed by atoms with Crippen molar-refractivity contribution < 1.29 is 18.0 Å². The van der Waals surface area contributed by atoms with Gasteiger partial charge in [0.15, 0.2) is 0 Å². The Hall–Kier alpha value is -2.42. The summed E-state index contributed by atoms with van der Waals surface area (Å²) in [5.41, 5.74) is 5.06. The fourth-order valence-corrected chi connectivity index (χ4v) is 5.29. The molecule has 0 radical (unpaired) electrons. The van der Waals surface area contributed by atoms with Crippen LogP contribution in [0.5, 0.6) is 0 Å². The van der Waals surface area contributed by atoms with Crippen LogP contribution in [0.4, 0.5) is 0 Å². The van der Waals surface area contributed by atoms with Crippen molar-refractivity contribution in [3.63, 3.8) is 0 Å². The van der Waals surface area contributed by atoms with Crippen LogP contribution in [0.3, 0.4) is 0 Å². The average Bonchev–Trinajstić information content (AvgIpc) is 2.72. The van der Waals surface area contributed by atoms with Crippen LogP contribution in [0.2, 0.25) is 5.02 Å². The third kappa shape index (κ3) is 4.95. The Morgan fingerprint density at radius 2 is 1.69 bits per heavy atom. The average molecular weight is 436 g/mol. The first-order chi connectivity index (χ1) is 13.8. The summed E-state index contributed by atoms with van der Waals surface area (Å²) in [6.07, 6.45) is 1.76. The van der Waals surface area contributed by atoms with Gasteiger partial charge in [0.05, 0.1) is 5.02 Å². The van der Waals surface area contributed by atoms with Crippen molar-refractivity contribution in [1.29, 1.82) is 0 Å². The van der Waals surface area contributed by atoms with E-state index in [1.165, 1.54) is 22.5 Å². The second kappa shape index (κ2) is 8.94. The summed E-state index contributed by atoms with van der Waals surface area (Å²) in [4.78, 5) is 24.4. The van der Waals surface area contributed by atoms with Crippen LogP contribution < -0.4 is 10.9 Å². The van der Waals surface area contributed by atoms with Crippen LogP contribution in [0.15, 0.2) is 53.4 Å². The smallest absolute Gasteiger partial charge is 0.267 e. The van der Waals surface area contributed by atoms with Crippen molar-refractivity contribution in [2.75, 3.05) is 13.1 Å². The maximum atomic E-state index is 13.0. The third-order valence-corrected chi connectivity index (χ3v) is 7.10. The first-order valence-electron chi connectivity index (χ1n) is 9.24. The SMILES string of the molecule is C[C@H]1CCCN(S(=O)(=O)c2cc(C(=O)NNC(=O)c3ccccc3)ccc2Cl)C1. The largest absolute Gasteiger partial charge is 0.269 e. The molecule has 1 aliphatic rings. The first-order valence-corrected chi connectivity index (χ1v) is 11.1. The highest BCUT2D eigenvalue weighted by atomic mass is 35.5. The van der Waals surface area contributed by atoms with E-state index in [1.807, 2.05) is 6.92 Å². The highest BCUT2D eigenvalue weighted by Gasteiger charge is 2.31. The van der Waals surface area contributed by atoms with Crippen LogP contribution >= 0.6 is 11.6 Å². The molecule has 1 saturated heterocycles. The number of halogens is 1. The van der Waals surface area contributed by atoms with Crippen molar-refractivity contribution in [1.82, 2.24) is 15.2 Å². The van der Waals surface area contributed by atoms with Gasteiger partial charge < -0.3 is 0 Å². The highest BCUT2D eigenvalue weighted by Crippen LogP contribution is 2.29. The van der Waals surface area contributed by atoms with Gasteiger partial charge in [-0.25, -0.2) is 8.42 Å². The quantitative estimate of drug-likeness (QED) is 0.722. The number of carbonyl (C=O) groups is 2.